The van der Waals surface area contributed by atoms with E-state index < -0.39 is 11.3 Å². The summed E-state index contributed by atoms with van der Waals surface area (Å²) in [5.41, 5.74) is 8.37. The first-order valence-corrected chi connectivity index (χ1v) is 15.1. The number of rotatable bonds is 4. The van der Waals surface area contributed by atoms with Crippen molar-refractivity contribution >= 4 is 60.2 Å². The molecule has 41 heavy (non-hydrogen) atoms. The molecule has 0 fully saturated rings. The number of ketones is 1. The van der Waals surface area contributed by atoms with Gasteiger partial charge in [0.05, 0.1) is 11.3 Å². The molecule has 0 radical (unpaired) electrons. The van der Waals surface area contributed by atoms with Gasteiger partial charge in [-0.25, -0.2) is 0 Å². The fourth-order valence-corrected chi connectivity index (χ4v) is 6.88. The van der Waals surface area contributed by atoms with E-state index in [-0.39, 0.29) is 5.78 Å². The normalized spacial score (nSPS) is 16.6. The minimum Gasteiger partial charge on any atom is -0.355 e. The summed E-state index contributed by atoms with van der Waals surface area (Å²) in [5.74, 6) is -0.417. The summed E-state index contributed by atoms with van der Waals surface area (Å²) in [6.45, 7) is 0. The van der Waals surface area contributed by atoms with Crippen molar-refractivity contribution in [3.63, 3.8) is 0 Å². The van der Waals surface area contributed by atoms with Gasteiger partial charge in [0, 0.05) is 25.9 Å². The van der Waals surface area contributed by atoms with E-state index in [9.17, 15) is 4.79 Å². The van der Waals surface area contributed by atoms with Crippen LogP contribution in [0.1, 0.15) is 32.6 Å². The molecule has 0 saturated carbocycles. The Labute approximate surface area is 256 Å². The molecule has 2 nitrogen and oxygen atoms in total. The van der Waals surface area contributed by atoms with Gasteiger partial charge >= 0.3 is 0 Å². The van der Waals surface area contributed by atoms with Crippen molar-refractivity contribution in [2.45, 2.75) is 5.41 Å². The van der Waals surface area contributed by atoms with Crippen LogP contribution in [0.15, 0.2) is 148 Å². The third-order valence-corrected chi connectivity index (χ3v) is 9.21. The Morgan fingerprint density at radius 3 is 1.76 bits per heavy atom. The number of Topliss-reactive ketones (excluding diaryl/α,β-unsaturated/α-hetero) is 1. The molecule has 1 spiro atoms. The van der Waals surface area contributed by atoms with Crippen LogP contribution in [-0.4, -0.2) is 5.78 Å². The highest BCUT2D eigenvalue weighted by molar-refractivity contribution is 9.10. The summed E-state index contributed by atoms with van der Waals surface area (Å²) < 4.78 is 1.97. The Bertz CT molecular complexity index is 1790. The number of hydrogen-bond donors (Lipinski definition) is 1. The summed E-state index contributed by atoms with van der Waals surface area (Å²) in [6.07, 6.45) is 4.56. The Balaban J connectivity index is 1.60. The van der Waals surface area contributed by atoms with Crippen LogP contribution in [0.2, 0.25) is 0 Å². The maximum absolute atomic E-state index is 15.0. The van der Waals surface area contributed by atoms with Gasteiger partial charge in [-0.3, -0.25) is 4.79 Å². The van der Waals surface area contributed by atoms with E-state index in [2.05, 4.69) is 134 Å². The average Bonchev–Trinajstić information content (AvgIpc) is 3.02. The summed E-state index contributed by atoms with van der Waals surface area (Å²) in [6, 6.07) is 43.3. The van der Waals surface area contributed by atoms with Crippen LogP contribution in [0.5, 0.6) is 0 Å². The van der Waals surface area contributed by atoms with Gasteiger partial charge in [0.25, 0.3) is 0 Å². The molecule has 0 saturated heterocycles. The highest BCUT2D eigenvalue weighted by Crippen LogP contribution is 2.58. The van der Waals surface area contributed by atoms with Gasteiger partial charge in [0.1, 0.15) is 0 Å². The maximum atomic E-state index is 15.0. The zero-order valence-corrected chi connectivity index (χ0v) is 25.2. The molecule has 1 N–H and O–H groups in total. The second kappa shape index (κ2) is 10.4. The predicted octanol–water partition coefficient (Wildman–Crippen LogP) is 10.2. The number of halogens is 2. The average molecular weight is 659 g/mol. The largest absolute Gasteiger partial charge is 0.355 e. The fraction of sp³-hybridized carbons (Fsp3) is 0.0541. The molecular formula is C37H25Br2NO. The molecule has 1 aliphatic carbocycles. The Kier molecular flexibility index (Phi) is 6.61. The van der Waals surface area contributed by atoms with Crippen molar-refractivity contribution in [1.82, 2.24) is 0 Å². The molecule has 5 aromatic rings. The van der Waals surface area contributed by atoms with Crippen LogP contribution >= 0.6 is 31.9 Å². The minimum atomic E-state index is -0.759. The molecule has 1 unspecified atom stereocenters. The second-order valence-electron chi connectivity index (χ2n) is 10.5. The van der Waals surface area contributed by atoms with E-state index in [0.717, 1.165) is 53.7 Å². The number of carbonyl (C=O) groups excluding carboxylic acids is 1. The number of anilines is 2. The molecule has 0 aromatic heterocycles. The number of benzene rings is 5. The monoisotopic (exact) mass is 657 g/mol. The molecule has 7 rings (SSSR count). The summed E-state index contributed by atoms with van der Waals surface area (Å²) >= 11 is 7.15. The quantitative estimate of drug-likeness (QED) is 0.195. The van der Waals surface area contributed by atoms with E-state index in [4.69, 9.17) is 0 Å². The van der Waals surface area contributed by atoms with Gasteiger partial charge in [-0.2, -0.15) is 0 Å². The molecule has 1 heterocycles. The predicted molar refractivity (Wildman–Crippen MR) is 175 cm³/mol. The van der Waals surface area contributed by atoms with Crippen LogP contribution in [0.4, 0.5) is 11.4 Å². The van der Waals surface area contributed by atoms with Crippen LogP contribution in [0, 0.1) is 5.92 Å². The number of allylic oxidation sites excluding steroid dienone is 4. The summed E-state index contributed by atoms with van der Waals surface area (Å²) in [4.78, 5) is 15.0. The molecule has 5 aromatic carbocycles. The van der Waals surface area contributed by atoms with Gasteiger partial charge in [0.15, 0.2) is 5.78 Å². The first-order valence-electron chi connectivity index (χ1n) is 13.6. The summed E-state index contributed by atoms with van der Waals surface area (Å²) in [5, 5.41) is 3.66. The Morgan fingerprint density at radius 2 is 1.15 bits per heavy atom. The topological polar surface area (TPSA) is 29.1 Å². The number of nitrogens with one attached hydrogen (secondary N) is 1. The zero-order chi connectivity index (χ0) is 28.0. The minimum absolute atomic E-state index is 0.0882. The molecule has 1 aliphatic heterocycles. The SMILES string of the molecule is O=C(c1ccc(Br)cc1)C1C(c2ccccc2)=CC(c2ccc(Br)cc2)=CC12c1ccccc1Nc1ccccc12. The van der Waals surface area contributed by atoms with Crippen molar-refractivity contribution in [1.29, 1.82) is 0 Å². The zero-order valence-electron chi connectivity index (χ0n) is 22.0. The van der Waals surface area contributed by atoms with Crippen LogP contribution in [0.25, 0.3) is 11.1 Å². The Hall–Kier alpha value is -3.99. The van der Waals surface area contributed by atoms with E-state index >= 15 is 0 Å². The first-order chi connectivity index (χ1) is 20.0. The van der Waals surface area contributed by atoms with Crippen molar-refractivity contribution in [2.24, 2.45) is 5.92 Å². The lowest BCUT2D eigenvalue weighted by Crippen LogP contribution is -2.44. The number of carbonyl (C=O) groups is 1. The molecule has 1 atom stereocenters. The van der Waals surface area contributed by atoms with Gasteiger partial charge in [0.2, 0.25) is 0 Å². The third kappa shape index (κ3) is 4.43. The lowest BCUT2D eigenvalue weighted by Gasteiger charge is -2.47. The molecular weight excluding hydrogens is 634 g/mol. The van der Waals surface area contributed by atoms with Gasteiger partial charge < -0.3 is 5.32 Å². The molecule has 2 aliphatic rings. The molecule has 0 amide bonds. The molecule has 198 valence electrons. The standard InChI is InChI=1S/C37H25Br2NO/c38-28-18-14-24(15-19-28)27-22-30(25-8-2-1-3-9-25)35(36(41)26-16-20-29(39)21-17-26)37(23-27)31-10-4-6-12-33(31)40-34-13-7-5-11-32(34)37/h1-23,35,40H. The van der Waals surface area contributed by atoms with Crippen LogP contribution < -0.4 is 5.32 Å². The number of hydrogen-bond acceptors (Lipinski definition) is 2. The van der Waals surface area contributed by atoms with Crippen molar-refractivity contribution < 1.29 is 4.79 Å². The summed E-state index contributed by atoms with van der Waals surface area (Å²) in [7, 11) is 0. The third-order valence-electron chi connectivity index (χ3n) is 8.15. The number of fused-ring (bicyclic) bond motifs is 4. The van der Waals surface area contributed by atoms with Crippen molar-refractivity contribution in [2.75, 3.05) is 5.32 Å². The van der Waals surface area contributed by atoms with Gasteiger partial charge in [-0.15, -0.1) is 0 Å². The van der Waals surface area contributed by atoms with E-state index in [1.165, 1.54) is 0 Å². The van der Waals surface area contributed by atoms with Crippen molar-refractivity contribution in [3.05, 3.63) is 176 Å². The van der Waals surface area contributed by atoms with Crippen molar-refractivity contribution in [3.8, 4) is 0 Å². The Morgan fingerprint density at radius 1 is 0.610 bits per heavy atom. The van der Waals surface area contributed by atoms with E-state index in [0.29, 0.717) is 5.56 Å². The highest BCUT2D eigenvalue weighted by atomic mass is 79.9. The van der Waals surface area contributed by atoms with E-state index in [1.807, 2.05) is 42.5 Å². The maximum Gasteiger partial charge on any atom is 0.171 e. The van der Waals surface area contributed by atoms with Gasteiger partial charge in [-0.1, -0.05) is 135 Å². The van der Waals surface area contributed by atoms with Crippen LogP contribution in [0.3, 0.4) is 0 Å². The first kappa shape index (κ1) is 25.9. The van der Waals surface area contributed by atoms with Crippen LogP contribution in [-0.2, 0) is 5.41 Å². The number of para-hydroxylation sites is 2. The lowest BCUT2D eigenvalue weighted by atomic mass is 9.56. The van der Waals surface area contributed by atoms with E-state index in [1.54, 1.807) is 0 Å². The smallest absolute Gasteiger partial charge is 0.171 e. The lowest BCUT2D eigenvalue weighted by molar-refractivity contribution is 0.0925. The highest BCUT2D eigenvalue weighted by Gasteiger charge is 2.52. The van der Waals surface area contributed by atoms with Gasteiger partial charge in [-0.05, 0) is 69.8 Å². The fourth-order valence-electron chi connectivity index (χ4n) is 6.35. The second-order valence-corrected chi connectivity index (χ2v) is 12.3. The molecule has 0 bridgehead atoms. The molecule has 4 heteroatoms.